The molecule has 0 unspecified atom stereocenters. The number of carbonyl (C=O) groups is 1. The zero-order valence-electron chi connectivity index (χ0n) is 16.6. The maximum atomic E-state index is 14.3. The maximum absolute atomic E-state index is 14.3. The molecule has 0 saturated heterocycles. The molecule has 2 aromatic carbocycles. The number of hydrogen-bond donors (Lipinski definition) is 1. The lowest BCUT2D eigenvalue weighted by molar-refractivity contribution is -0.348. The monoisotopic (exact) mass is 520 g/mol. The lowest BCUT2D eigenvalue weighted by atomic mass is 9.89. The van der Waals surface area contributed by atoms with Gasteiger partial charge in [-0.15, -0.1) is 0 Å². The van der Waals surface area contributed by atoms with Gasteiger partial charge in [-0.3, -0.25) is 4.79 Å². The Morgan fingerprint density at radius 3 is 1.97 bits per heavy atom. The SMILES string of the molecule is CNc1cc(C(=O)Cc2c(Cl)cc(C(F)(C(F)(F)F)C(F)(F)F)cc2C(F)(F)F)ccc1C#N. The summed E-state index contributed by atoms with van der Waals surface area (Å²) in [7, 11) is 1.38. The minimum Gasteiger partial charge on any atom is -0.387 e. The molecule has 2 aromatic rings. The van der Waals surface area contributed by atoms with Crippen LogP contribution in [0.15, 0.2) is 30.3 Å². The number of halogens is 11. The van der Waals surface area contributed by atoms with Crippen molar-refractivity contribution in [2.45, 2.75) is 30.6 Å². The molecule has 0 aliphatic rings. The largest absolute Gasteiger partial charge is 0.435 e. The quantitative estimate of drug-likeness (QED) is 0.342. The molecule has 34 heavy (non-hydrogen) atoms. The molecule has 14 heteroatoms. The van der Waals surface area contributed by atoms with E-state index in [2.05, 4.69) is 5.32 Å². The van der Waals surface area contributed by atoms with Crippen LogP contribution in [0.4, 0.5) is 49.6 Å². The number of nitrogens with one attached hydrogen (secondary N) is 1. The summed E-state index contributed by atoms with van der Waals surface area (Å²) in [5, 5.41) is 10.2. The first kappa shape index (κ1) is 27.2. The van der Waals surface area contributed by atoms with E-state index in [9.17, 15) is 48.7 Å². The number of carbonyl (C=O) groups excluding carboxylic acids is 1. The first-order chi connectivity index (χ1) is 15.4. The predicted octanol–water partition coefficient (Wildman–Crippen LogP) is 6.99. The number of rotatable bonds is 5. The van der Waals surface area contributed by atoms with E-state index in [-0.39, 0.29) is 22.9 Å². The van der Waals surface area contributed by atoms with Crippen LogP contribution < -0.4 is 5.32 Å². The van der Waals surface area contributed by atoms with Crippen molar-refractivity contribution in [1.29, 1.82) is 5.26 Å². The summed E-state index contributed by atoms with van der Waals surface area (Å²) in [4.78, 5) is 12.5. The van der Waals surface area contributed by atoms with E-state index >= 15 is 0 Å². The number of nitrogens with zero attached hydrogens (tertiary/aromatic N) is 1. The van der Waals surface area contributed by atoms with Crippen molar-refractivity contribution in [2.75, 3.05) is 12.4 Å². The van der Waals surface area contributed by atoms with Crippen LogP contribution in [0.3, 0.4) is 0 Å². The molecule has 3 nitrogen and oxygen atoms in total. The minimum atomic E-state index is -6.67. The van der Waals surface area contributed by atoms with Crippen LogP contribution in [0.2, 0.25) is 5.02 Å². The molecule has 2 rings (SSSR count). The fraction of sp³-hybridized carbons (Fsp3) is 0.300. The number of anilines is 1. The molecule has 1 N–H and O–H groups in total. The van der Waals surface area contributed by atoms with Crippen molar-refractivity contribution >= 4 is 23.1 Å². The molecule has 0 saturated carbocycles. The van der Waals surface area contributed by atoms with E-state index in [1.807, 2.05) is 0 Å². The molecule has 0 amide bonds. The zero-order valence-corrected chi connectivity index (χ0v) is 17.4. The second-order valence-electron chi connectivity index (χ2n) is 6.86. The number of hydrogen-bond acceptors (Lipinski definition) is 3. The first-order valence-corrected chi connectivity index (χ1v) is 9.23. The van der Waals surface area contributed by atoms with Crippen LogP contribution in [-0.4, -0.2) is 25.2 Å². The lowest BCUT2D eigenvalue weighted by Crippen LogP contribution is -2.50. The van der Waals surface area contributed by atoms with Gasteiger partial charge in [-0.25, -0.2) is 4.39 Å². The Labute approximate surface area is 189 Å². The lowest BCUT2D eigenvalue weighted by Gasteiger charge is -2.31. The predicted molar refractivity (Wildman–Crippen MR) is 100 cm³/mol. The summed E-state index contributed by atoms with van der Waals surface area (Å²) in [5.74, 6) is -1.06. The Hall–Kier alpha value is -3.01. The third-order valence-corrected chi connectivity index (χ3v) is 5.09. The first-order valence-electron chi connectivity index (χ1n) is 8.86. The number of alkyl halides is 10. The van der Waals surface area contributed by atoms with E-state index in [4.69, 9.17) is 16.9 Å². The molecule has 0 aliphatic heterocycles. The second-order valence-corrected chi connectivity index (χ2v) is 7.27. The van der Waals surface area contributed by atoms with E-state index in [0.29, 0.717) is 0 Å². The highest BCUT2D eigenvalue weighted by atomic mass is 35.5. The molecule has 0 aromatic heterocycles. The number of nitriles is 1. The second kappa shape index (κ2) is 8.98. The van der Waals surface area contributed by atoms with Gasteiger partial charge in [-0.2, -0.15) is 44.8 Å². The third-order valence-electron chi connectivity index (χ3n) is 4.75. The summed E-state index contributed by atoms with van der Waals surface area (Å²) < 4.78 is 133. The molecule has 0 bridgehead atoms. The van der Waals surface area contributed by atoms with E-state index in [0.717, 1.165) is 12.1 Å². The van der Waals surface area contributed by atoms with Gasteiger partial charge in [-0.1, -0.05) is 11.6 Å². The molecular weight excluding hydrogens is 510 g/mol. The van der Waals surface area contributed by atoms with Crippen LogP contribution in [-0.2, 0) is 18.3 Å². The van der Waals surface area contributed by atoms with Gasteiger partial charge in [0.2, 0.25) is 0 Å². The van der Waals surface area contributed by atoms with Crippen molar-refractivity contribution in [3.8, 4) is 6.07 Å². The van der Waals surface area contributed by atoms with Gasteiger partial charge in [0.1, 0.15) is 6.07 Å². The van der Waals surface area contributed by atoms with Crippen molar-refractivity contribution in [3.05, 3.63) is 63.2 Å². The van der Waals surface area contributed by atoms with Gasteiger partial charge in [-0.05, 0) is 35.9 Å². The van der Waals surface area contributed by atoms with Crippen LogP contribution >= 0.6 is 11.6 Å². The zero-order chi connectivity index (χ0) is 26.3. The molecule has 184 valence electrons. The average molecular weight is 521 g/mol. The molecule has 0 atom stereocenters. The fourth-order valence-corrected chi connectivity index (χ4v) is 3.33. The summed E-state index contributed by atoms with van der Waals surface area (Å²) >= 11 is 5.58. The Kier molecular flexibility index (Phi) is 7.19. The molecule has 0 radical (unpaired) electrons. The Morgan fingerprint density at radius 2 is 1.53 bits per heavy atom. The Morgan fingerprint density at radius 1 is 0.971 bits per heavy atom. The van der Waals surface area contributed by atoms with Crippen LogP contribution in [0.25, 0.3) is 0 Å². The van der Waals surface area contributed by atoms with Gasteiger partial charge in [0.05, 0.1) is 16.8 Å². The van der Waals surface area contributed by atoms with Crippen LogP contribution in [0.5, 0.6) is 0 Å². The molecule has 0 heterocycles. The maximum Gasteiger partial charge on any atom is 0.435 e. The summed E-state index contributed by atoms with van der Waals surface area (Å²) in [6.45, 7) is 0. The highest BCUT2D eigenvalue weighted by Crippen LogP contribution is 2.54. The summed E-state index contributed by atoms with van der Waals surface area (Å²) in [5.41, 5.74) is -11.9. The van der Waals surface area contributed by atoms with Crippen LogP contribution in [0, 0.1) is 11.3 Å². The van der Waals surface area contributed by atoms with E-state index in [1.54, 1.807) is 6.07 Å². The van der Waals surface area contributed by atoms with Gasteiger partial charge in [0, 0.05) is 29.6 Å². The van der Waals surface area contributed by atoms with Crippen molar-refractivity contribution in [2.24, 2.45) is 0 Å². The minimum absolute atomic E-state index is 0.0796. The number of benzene rings is 2. The third kappa shape index (κ3) is 4.91. The van der Waals surface area contributed by atoms with Gasteiger partial charge >= 0.3 is 24.2 Å². The Bertz CT molecular complexity index is 1130. The van der Waals surface area contributed by atoms with Crippen molar-refractivity contribution in [3.63, 3.8) is 0 Å². The van der Waals surface area contributed by atoms with Gasteiger partial charge in [0.15, 0.2) is 5.78 Å². The molecular formula is C20H11ClF10N2O. The number of ketones is 1. The van der Waals surface area contributed by atoms with Crippen molar-refractivity contribution in [1.82, 2.24) is 0 Å². The van der Waals surface area contributed by atoms with Gasteiger partial charge in [0.25, 0.3) is 0 Å². The van der Waals surface area contributed by atoms with Gasteiger partial charge < -0.3 is 5.32 Å². The topological polar surface area (TPSA) is 52.9 Å². The van der Waals surface area contributed by atoms with E-state index in [1.165, 1.54) is 13.1 Å². The molecule has 0 fully saturated rings. The summed E-state index contributed by atoms with van der Waals surface area (Å²) in [6.07, 6.45) is -20.1. The standard InChI is InChI=1S/C20H11ClF10N2O/c1-33-15-4-9(2-3-10(15)8-32)16(34)7-12-13(18(23,24)25)5-11(6-14(12)21)17(22,19(26,27)28)20(29,30)31/h2-6,33H,7H2,1H3. The molecule has 0 spiro atoms. The fourth-order valence-electron chi connectivity index (χ4n) is 3.04. The van der Waals surface area contributed by atoms with Crippen molar-refractivity contribution < 1.29 is 48.7 Å². The number of Topliss-reactive ketones (excluding diaryl/α,β-unsaturated/α-hetero) is 1. The molecule has 0 aliphatic carbocycles. The smallest absolute Gasteiger partial charge is 0.387 e. The van der Waals surface area contributed by atoms with E-state index < -0.39 is 64.2 Å². The summed E-state index contributed by atoms with van der Waals surface area (Å²) in [6, 6.07) is 4.24. The highest BCUT2D eigenvalue weighted by Gasteiger charge is 2.73. The van der Waals surface area contributed by atoms with Crippen LogP contribution in [0.1, 0.15) is 32.6 Å². The average Bonchev–Trinajstić information content (AvgIpc) is 2.71. The Balaban J connectivity index is 2.68. The highest BCUT2D eigenvalue weighted by molar-refractivity contribution is 6.31. The normalized spacial score (nSPS) is 12.9.